The Balaban J connectivity index is 2.49. The van der Waals surface area contributed by atoms with Crippen LogP contribution in [0.1, 0.15) is 13.8 Å². The predicted octanol–water partition coefficient (Wildman–Crippen LogP) is 3.52. The van der Waals surface area contributed by atoms with Crippen molar-refractivity contribution in [3.8, 4) is 0 Å². The molecule has 1 unspecified atom stereocenters. The molecular weight excluding hydrogens is 256 g/mol. The molecule has 1 nitrogen and oxygen atoms in total. The third kappa shape index (κ3) is 3.20. The Kier molecular flexibility index (Phi) is 5.07. The average molecular weight is 275 g/mol. The largest absolute Gasteiger partial charge is 0.275 e. The van der Waals surface area contributed by atoms with Gasteiger partial charge in [-0.25, -0.2) is 4.39 Å². The topological polar surface area (TPSA) is 3.24 Å². The molecule has 0 aliphatic rings. The van der Waals surface area contributed by atoms with Crippen LogP contribution in [0.5, 0.6) is 0 Å². The molecule has 0 fully saturated rings. The monoisotopic (exact) mass is 275 g/mol. The Morgan fingerprint density at radius 3 is 2.05 bits per heavy atom. The lowest BCUT2D eigenvalue weighted by Gasteiger charge is -2.30. The Morgan fingerprint density at radius 2 is 1.47 bits per heavy atom. The fourth-order valence-electron chi connectivity index (χ4n) is 2.15. The zero-order valence-electron chi connectivity index (χ0n) is 11.4. The van der Waals surface area contributed by atoms with E-state index in [1.165, 1.54) is 5.30 Å². The maximum atomic E-state index is 14.1. The zero-order valence-corrected chi connectivity index (χ0v) is 12.3. The van der Waals surface area contributed by atoms with Gasteiger partial charge in [0.15, 0.2) is 0 Å². The van der Waals surface area contributed by atoms with Gasteiger partial charge in [0, 0.05) is 13.4 Å². The molecule has 0 amide bonds. The van der Waals surface area contributed by atoms with Crippen LogP contribution in [0.15, 0.2) is 54.6 Å². The Labute approximate surface area is 115 Å². The quantitative estimate of drug-likeness (QED) is 0.755. The van der Waals surface area contributed by atoms with E-state index < -0.39 is 8.07 Å². The van der Waals surface area contributed by atoms with Crippen LogP contribution in [0.3, 0.4) is 0 Å². The number of hydrogen-bond acceptors (Lipinski definition) is 1. The zero-order chi connectivity index (χ0) is 13.7. The molecule has 19 heavy (non-hydrogen) atoms. The first-order valence-corrected chi connectivity index (χ1v) is 7.92. The van der Waals surface area contributed by atoms with Crippen LogP contribution < -0.4 is 10.6 Å². The summed E-state index contributed by atoms with van der Waals surface area (Å²) >= 11 is 0. The van der Waals surface area contributed by atoms with Crippen molar-refractivity contribution in [2.45, 2.75) is 13.8 Å². The third-order valence-electron chi connectivity index (χ3n) is 3.09. The van der Waals surface area contributed by atoms with Gasteiger partial charge in [0.25, 0.3) is 0 Å². The van der Waals surface area contributed by atoms with Crippen molar-refractivity contribution in [2.24, 2.45) is 0 Å². The van der Waals surface area contributed by atoms with Gasteiger partial charge in [0.1, 0.15) is 5.82 Å². The summed E-state index contributed by atoms with van der Waals surface area (Å²) in [5.41, 5.74) is 0. The van der Waals surface area contributed by atoms with Gasteiger partial charge in [0.05, 0.1) is 0 Å². The first kappa shape index (κ1) is 14.2. The molecule has 100 valence electrons. The SMILES string of the molecule is CCN(CC)P(c1ccccc1)c1ccccc1F. The second-order valence-corrected chi connectivity index (χ2v) is 6.43. The molecule has 0 aliphatic heterocycles. The van der Waals surface area contributed by atoms with E-state index in [9.17, 15) is 4.39 Å². The molecule has 2 aromatic rings. The molecule has 0 radical (unpaired) electrons. The first-order valence-electron chi connectivity index (χ1n) is 6.62. The van der Waals surface area contributed by atoms with Crippen LogP contribution in [0.2, 0.25) is 0 Å². The molecule has 3 heteroatoms. The highest BCUT2D eigenvalue weighted by atomic mass is 31.1. The van der Waals surface area contributed by atoms with Gasteiger partial charge in [-0.2, -0.15) is 0 Å². The highest BCUT2D eigenvalue weighted by Crippen LogP contribution is 2.38. The standard InChI is InChI=1S/C16H19FNP/c1-3-18(4-2)19(14-10-6-5-7-11-14)16-13-9-8-12-15(16)17/h5-13H,3-4H2,1-2H3. The van der Waals surface area contributed by atoms with E-state index in [-0.39, 0.29) is 5.82 Å². The van der Waals surface area contributed by atoms with Crippen molar-refractivity contribution in [1.82, 2.24) is 4.67 Å². The van der Waals surface area contributed by atoms with Crippen molar-refractivity contribution in [2.75, 3.05) is 13.1 Å². The van der Waals surface area contributed by atoms with Crippen molar-refractivity contribution in [1.29, 1.82) is 0 Å². The van der Waals surface area contributed by atoms with Crippen LogP contribution in [0.4, 0.5) is 4.39 Å². The van der Waals surface area contributed by atoms with E-state index in [1.54, 1.807) is 12.1 Å². The summed E-state index contributed by atoms with van der Waals surface area (Å²) in [6.07, 6.45) is 0. The van der Waals surface area contributed by atoms with E-state index in [0.717, 1.165) is 18.4 Å². The summed E-state index contributed by atoms with van der Waals surface area (Å²) in [7, 11) is -0.777. The number of nitrogens with zero attached hydrogens (tertiary/aromatic N) is 1. The Morgan fingerprint density at radius 1 is 0.895 bits per heavy atom. The molecule has 0 heterocycles. The van der Waals surface area contributed by atoms with Crippen molar-refractivity contribution in [3.63, 3.8) is 0 Å². The van der Waals surface area contributed by atoms with Crippen molar-refractivity contribution in [3.05, 3.63) is 60.4 Å². The van der Waals surface area contributed by atoms with Gasteiger partial charge >= 0.3 is 0 Å². The molecule has 2 aromatic carbocycles. The van der Waals surface area contributed by atoms with E-state index in [4.69, 9.17) is 0 Å². The van der Waals surface area contributed by atoms with E-state index in [0.29, 0.717) is 0 Å². The second-order valence-electron chi connectivity index (χ2n) is 4.24. The molecule has 0 saturated carbocycles. The first-order chi connectivity index (χ1) is 9.27. The molecule has 1 atom stereocenters. The van der Waals surface area contributed by atoms with Gasteiger partial charge < -0.3 is 0 Å². The average Bonchev–Trinajstić information content (AvgIpc) is 2.47. The fraction of sp³-hybridized carbons (Fsp3) is 0.250. The lowest BCUT2D eigenvalue weighted by molar-refractivity contribution is 0.513. The van der Waals surface area contributed by atoms with Crippen LogP contribution in [-0.2, 0) is 0 Å². The lowest BCUT2D eigenvalue weighted by atomic mass is 10.3. The van der Waals surface area contributed by atoms with Crippen molar-refractivity contribution < 1.29 is 4.39 Å². The maximum absolute atomic E-state index is 14.1. The molecular formula is C16H19FNP. The van der Waals surface area contributed by atoms with E-state index in [2.05, 4.69) is 30.7 Å². The predicted molar refractivity (Wildman–Crippen MR) is 82.0 cm³/mol. The molecule has 0 N–H and O–H groups in total. The normalized spacial score (nSPS) is 12.6. The minimum Gasteiger partial charge on any atom is -0.275 e. The Hall–Kier alpha value is -1.24. The number of rotatable bonds is 5. The minimum atomic E-state index is -0.777. The molecule has 0 saturated heterocycles. The van der Waals surface area contributed by atoms with E-state index in [1.807, 2.05) is 30.3 Å². The van der Waals surface area contributed by atoms with Gasteiger partial charge in [-0.05, 0) is 30.5 Å². The second kappa shape index (κ2) is 6.79. The minimum absolute atomic E-state index is 0.107. The highest BCUT2D eigenvalue weighted by molar-refractivity contribution is 7.70. The molecule has 2 rings (SSSR count). The summed E-state index contributed by atoms with van der Waals surface area (Å²) < 4.78 is 16.5. The smallest absolute Gasteiger partial charge is 0.132 e. The summed E-state index contributed by atoms with van der Waals surface area (Å²) in [5, 5.41) is 2.01. The highest BCUT2D eigenvalue weighted by Gasteiger charge is 2.22. The van der Waals surface area contributed by atoms with Crippen LogP contribution in [-0.4, -0.2) is 17.8 Å². The Bertz CT molecular complexity index is 511. The maximum Gasteiger partial charge on any atom is 0.132 e. The lowest BCUT2D eigenvalue weighted by Crippen LogP contribution is -2.29. The van der Waals surface area contributed by atoms with Gasteiger partial charge in [-0.1, -0.05) is 56.3 Å². The van der Waals surface area contributed by atoms with Crippen LogP contribution in [0, 0.1) is 5.82 Å². The summed E-state index contributed by atoms with van der Waals surface area (Å²) in [4.78, 5) is 0. The molecule has 0 bridgehead atoms. The van der Waals surface area contributed by atoms with E-state index >= 15 is 0 Å². The molecule has 0 aromatic heterocycles. The fourth-order valence-corrected chi connectivity index (χ4v) is 4.59. The molecule has 0 aliphatic carbocycles. The number of benzene rings is 2. The van der Waals surface area contributed by atoms with Gasteiger partial charge in [0.2, 0.25) is 0 Å². The molecule has 0 spiro atoms. The number of hydrogen-bond donors (Lipinski definition) is 0. The van der Waals surface area contributed by atoms with Crippen LogP contribution >= 0.6 is 8.07 Å². The summed E-state index contributed by atoms with van der Waals surface area (Å²) in [5.74, 6) is -0.107. The summed E-state index contributed by atoms with van der Waals surface area (Å²) in [6.45, 7) is 6.10. The number of halogens is 1. The van der Waals surface area contributed by atoms with Gasteiger partial charge in [-0.15, -0.1) is 0 Å². The summed E-state index contributed by atoms with van der Waals surface area (Å²) in [6, 6.07) is 17.4. The third-order valence-corrected chi connectivity index (χ3v) is 5.83. The van der Waals surface area contributed by atoms with Crippen molar-refractivity contribution >= 4 is 18.7 Å². The van der Waals surface area contributed by atoms with Crippen LogP contribution in [0.25, 0.3) is 0 Å². The van der Waals surface area contributed by atoms with Gasteiger partial charge in [-0.3, -0.25) is 4.67 Å².